The highest BCUT2D eigenvalue weighted by Crippen LogP contribution is 2.23. The van der Waals surface area contributed by atoms with Crippen LogP contribution in [0, 0.1) is 0 Å². The first kappa shape index (κ1) is 11.1. The van der Waals surface area contributed by atoms with Gasteiger partial charge in [-0.2, -0.15) is 5.10 Å². The number of aryl methyl sites for hydroxylation is 1. The molecule has 0 bridgehead atoms. The van der Waals surface area contributed by atoms with E-state index in [-0.39, 0.29) is 11.9 Å². The highest BCUT2D eigenvalue weighted by atomic mass is 16.5. The van der Waals surface area contributed by atoms with Crippen molar-refractivity contribution in [1.29, 1.82) is 0 Å². The summed E-state index contributed by atoms with van der Waals surface area (Å²) in [5.74, 6) is -0.436. The molecule has 0 aromatic carbocycles. The van der Waals surface area contributed by atoms with Gasteiger partial charge in [-0.25, -0.2) is 0 Å². The van der Waals surface area contributed by atoms with Gasteiger partial charge in [-0.05, 0) is 13.8 Å². The Morgan fingerprint density at radius 1 is 1.69 bits per heavy atom. The highest BCUT2D eigenvalue weighted by Gasteiger charge is 2.30. The van der Waals surface area contributed by atoms with Gasteiger partial charge in [-0.3, -0.25) is 9.48 Å². The molecule has 1 aromatic heterocycles. The van der Waals surface area contributed by atoms with Crippen molar-refractivity contribution in [1.82, 2.24) is 15.1 Å². The van der Waals surface area contributed by atoms with E-state index in [1.54, 1.807) is 0 Å². The van der Waals surface area contributed by atoms with Gasteiger partial charge in [0.2, 0.25) is 0 Å². The number of fused-ring (bicyclic) bond motifs is 1. The van der Waals surface area contributed by atoms with Crippen molar-refractivity contribution >= 4 is 5.97 Å². The van der Waals surface area contributed by atoms with Gasteiger partial charge >= 0.3 is 5.97 Å². The van der Waals surface area contributed by atoms with E-state index in [1.807, 2.05) is 24.7 Å². The SMILES string of the molecule is CCOC(=O)C1CNCc2cn(CC)nc21. The molecule has 2 heterocycles. The molecule has 1 aliphatic rings. The van der Waals surface area contributed by atoms with Crippen LogP contribution in [-0.4, -0.2) is 28.9 Å². The fourth-order valence-electron chi connectivity index (χ4n) is 1.95. The Kier molecular flexibility index (Phi) is 3.24. The maximum absolute atomic E-state index is 11.7. The van der Waals surface area contributed by atoms with Gasteiger partial charge in [-0.15, -0.1) is 0 Å². The minimum atomic E-state index is -0.253. The molecule has 2 rings (SSSR count). The van der Waals surface area contributed by atoms with Crippen LogP contribution < -0.4 is 5.32 Å². The lowest BCUT2D eigenvalue weighted by atomic mass is 9.98. The molecule has 1 aliphatic heterocycles. The third-order valence-electron chi connectivity index (χ3n) is 2.76. The molecule has 1 atom stereocenters. The molecule has 0 spiro atoms. The van der Waals surface area contributed by atoms with Crippen LogP contribution in [0.3, 0.4) is 0 Å². The number of nitrogens with zero attached hydrogens (tertiary/aromatic N) is 2. The van der Waals surface area contributed by atoms with Crippen molar-refractivity contribution in [2.45, 2.75) is 32.9 Å². The smallest absolute Gasteiger partial charge is 0.316 e. The summed E-state index contributed by atoms with van der Waals surface area (Å²) in [6.07, 6.45) is 1.99. The van der Waals surface area contributed by atoms with E-state index in [4.69, 9.17) is 4.74 Å². The first-order chi connectivity index (χ1) is 7.76. The zero-order chi connectivity index (χ0) is 11.5. The maximum Gasteiger partial charge on any atom is 0.316 e. The summed E-state index contributed by atoms with van der Waals surface area (Å²) in [5, 5.41) is 7.64. The summed E-state index contributed by atoms with van der Waals surface area (Å²) in [6, 6.07) is 0. The van der Waals surface area contributed by atoms with E-state index in [0.717, 1.165) is 24.3 Å². The number of nitrogens with one attached hydrogen (secondary N) is 1. The van der Waals surface area contributed by atoms with Crippen molar-refractivity contribution in [3.05, 3.63) is 17.5 Å². The van der Waals surface area contributed by atoms with Crippen molar-refractivity contribution in [2.24, 2.45) is 0 Å². The van der Waals surface area contributed by atoms with Gasteiger partial charge in [0.05, 0.1) is 12.3 Å². The average Bonchev–Trinajstić information content (AvgIpc) is 2.71. The lowest BCUT2D eigenvalue weighted by Crippen LogP contribution is -2.33. The van der Waals surface area contributed by atoms with Crippen molar-refractivity contribution in [3.63, 3.8) is 0 Å². The largest absolute Gasteiger partial charge is 0.465 e. The van der Waals surface area contributed by atoms with Gasteiger partial charge in [0.25, 0.3) is 0 Å². The standard InChI is InChI=1S/C11H17N3O2/c1-3-14-7-8-5-12-6-9(10(8)13-14)11(15)16-4-2/h7,9,12H,3-6H2,1-2H3. The number of carbonyl (C=O) groups is 1. The number of carbonyl (C=O) groups excluding carboxylic acids is 1. The van der Waals surface area contributed by atoms with Crippen molar-refractivity contribution < 1.29 is 9.53 Å². The fraction of sp³-hybridized carbons (Fsp3) is 0.636. The molecule has 5 heteroatoms. The zero-order valence-electron chi connectivity index (χ0n) is 9.69. The molecule has 0 saturated carbocycles. The second-order valence-electron chi connectivity index (χ2n) is 3.83. The normalized spacial score (nSPS) is 19.2. The summed E-state index contributed by atoms with van der Waals surface area (Å²) >= 11 is 0. The first-order valence-electron chi connectivity index (χ1n) is 5.69. The minimum absolute atomic E-state index is 0.183. The van der Waals surface area contributed by atoms with E-state index in [9.17, 15) is 4.79 Å². The summed E-state index contributed by atoms with van der Waals surface area (Å²) in [5.41, 5.74) is 1.98. The molecule has 0 aliphatic carbocycles. The summed E-state index contributed by atoms with van der Waals surface area (Å²) < 4.78 is 6.92. The Morgan fingerprint density at radius 3 is 3.19 bits per heavy atom. The average molecular weight is 223 g/mol. The number of hydrogen-bond donors (Lipinski definition) is 1. The van der Waals surface area contributed by atoms with Crippen molar-refractivity contribution in [3.8, 4) is 0 Å². The molecular weight excluding hydrogens is 206 g/mol. The molecule has 0 saturated heterocycles. The highest BCUT2D eigenvalue weighted by molar-refractivity contribution is 5.78. The summed E-state index contributed by atoms with van der Waals surface area (Å²) in [4.78, 5) is 11.7. The minimum Gasteiger partial charge on any atom is -0.465 e. The van der Waals surface area contributed by atoms with Crippen LogP contribution in [0.15, 0.2) is 6.20 Å². The monoisotopic (exact) mass is 223 g/mol. The molecule has 16 heavy (non-hydrogen) atoms. The molecule has 0 amide bonds. The number of hydrogen-bond acceptors (Lipinski definition) is 4. The Balaban J connectivity index is 2.25. The van der Waals surface area contributed by atoms with Crippen LogP contribution in [0.5, 0.6) is 0 Å². The number of aromatic nitrogens is 2. The molecule has 5 nitrogen and oxygen atoms in total. The second kappa shape index (κ2) is 4.65. The Labute approximate surface area is 94.8 Å². The fourth-order valence-corrected chi connectivity index (χ4v) is 1.95. The Morgan fingerprint density at radius 2 is 2.50 bits per heavy atom. The second-order valence-corrected chi connectivity index (χ2v) is 3.83. The van der Waals surface area contributed by atoms with Crippen LogP contribution in [0.1, 0.15) is 31.0 Å². The lowest BCUT2D eigenvalue weighted by molar-refractivity contribution is -0.145. The van der Waals surface area contributed by atoms with Crippen LogP contribution in [0.4, 0.5) is 0 Å². The first-order valence-corrected chi connectivity index (χ1v) is 5.69. The predicted molar refractivity (Wildman–Crippen MR) is 59.0 cm³/mol. The topological polar surface area (TPSA) is 56.1 Å². The molecular formula is C11H17N3O2. The zero-order valence-corrected chi connectivity index (χ0v) is 9.69. The van der Waals surface area contributed by atoms with E-state index < -0.39 is 0 Å². The van der Waals surface area contributed by atoms with Gasteiger partial charge in [0, 0.05) is 31.4 Å². The molecule has 0 radical (unpaired) electrons. The van der Waals surface area contributed by atoms with E-state index >= 15 is 0 Å². The lowest BCUT2D eigenvalue weighted by Gasteiger charge is -2.20. The molecule has 88 valence electrons. The quantitative estimate of drug-likeness (QED) is 0.764. The van der Waals surface area contributed by atoms with Gasteiger partial charge in [0.1, 0.15) is 5.92 Å². The van der Waals surface area contributed by atoms with Crippen LogP contribution in [0.25, 0.3) is 0 Å². The van der Waals surface area contributed by atoms with Crippen LogP contribution in [0.2, 0.25) is 0 Å². The molecule has 1 N–H and O–H groups in total. The predicted octanol–water partition coefficient (Wildman–Crippen LogP) is 0.653. The third-order valence-corrected chi connectivity index (χ3v) is 2.76. The van der Waals surface area contributed by atoms with Crippen molar-refractivity contribution in [2.75, 3.05) is 13.2 Å². The maximum atomic E-state index is 11.7. The van der Waals surface area contributed by atoms with E-state index in [0.29, 0.717) is 13.2 Å². The van der Waals surface area contributed by atoms with Crippen LogP contribution in [-0.2, 0) is 22.6 Å². The number of rotatable bonds is 3. The van der Waals surface area contributed by atoms with Gasteiger partial charge < -0.3 is 10.1 Å². The van der Waals surface area contributed by atoms with Crippen LogP contribution >= 0.6 is 0 Å². The Bertz CT molecular complexity index is 387. The summed E-state index contributed by atoms with van der Waals surface area (Å²) in [7, 11) is 0. The molecule has 1 aromatic rings. The van der Waals surface area contributed by atoms with E-state index in [2.05, 4.69) is 10.4 Å². The number of ether oxygens (including phenoxy) is 1. The van der Waals surface area contributed by atoms with Gasteiger partial charge in [-0.1, -0.05) is 0 Å². The van der Waals surface area contributed by atoms with E-state index in [1.165, 1.54) is 0 Å². The number of esters is 1. The molecule has 0 fully saturated rings. The third kappa shape index (κ3) is 1.95. The van der Waals surface area contributed by atoms with Gasteiger partial charge in [0.15, 0.2) is 0 Å². The Hall–Kier alpha value is -1.36. The summed E-state index contributed by atoms with van der Waals surface area (Å²) in [6.45, 7) is 6.49. The molecule has 1 unspecified atom stereocenters.